The molecule has 0 aliphatic carbocycles. The van der Waals surface area contributed by atoms with Gasteiger partial charge >= 0.3 is 0 Å². The number of rotatable bonds is 2. The molecule has 5 heteroatoms. The Bertz CT molecular complexity index is 880. The molecule has 0 spiro atoms. The number of fused-ring (bicyclic) bond motifs is 1. The van der Waals surface area contributed by atoms with Gasteiger partial charge in [-0.2, -0.15) is 0 Å². The third-order valence-electron chi connectivity index (χ3n) is 3.00. The van der Waals surface area contributed by atoms with Crippen LogP contribution in [0.3, 0.4) is 0 Å². The topological polar surface area (TPSA) is 88.8 Å². The fourth-order valence-electron chi connectivity index (χ4n) is 1.97. The molecule has 1 heterocycles. The molecule has 3 rings (SSSR count). The Labute approximate surface area is 120 Å². The Morgan fingerprint density at radius 2 is 1.81 bits per heavy atom. The van der Waals surface area contributed by atoms with Gasteiger partial charge in [0.1, 0.15) is 16.9 Å². The van der Waals surface area contributed by atoms with Crippen LogP contribution >= 0.6 is 0 Å². The van der Waals surface area contributed by atoms with Gasteiger partial charge in [-0.05, 0) is 36.4 Å². The van der Waals surface area contributed by atoms with Gasteiger partial charge in [0.2, 0.25) is 5.55 Å². The molecule has 0 aliphatic heterocycles. The molecule has 0 unspecified atom stereocenters. The number of aromatic hydroxyl groups is 1. The number of hydrogen-bond acceptors (Lipinski definition) is 4. The molecule has 5 nitrogen and oxygen atoms in total. The van der Waals surface area contributed by atoms with Crippen LogP contribution in [0.25, 0.3) is 11.0 Å². The molecule has 0 radical (unpaired) electrons. The number of benzene rings is 2. The number of para-hydroxylation sites is 1. The van der Waals surface area contributed by atoms with Crippen molar-refractivity contribution in [2.75, 3.05) is 0 Å². The van der Waals surface area contributed by atoms with Crippen LogP contribution in [0.1, 0.15) is 10.4 Å². The molecule has 21 heavy (non-hydrogen) atoms. The Morgan fingerprint density at radius 1 is 1.10 bits per heavy atom. The van der Waals surface area contributed by atoms with Crippen LogP contribution in [0, 0.1) is 0 Å². The number of phenols is 1. The van der Waals surface area contributed by atoms with E-state index in [1.165, 1.54) is 12.1 Å². The molecule has 0 fully saturated rings. The monoisotopic (exact) mass is 280 g/mol. The smallest absolute Gasteiger partial charge is 0.254 e. The first-order valence-electron chi connectivity index (χ1n) is 6.30. The van der Waals surface area contributed by atoms with Gasteiger partial charge < -0.3 is 15.3 Å². The molecular weight excluding hydrogens is 268 g/mol. The Morgan fingerprint density at radius 3 is 2.52 bits per heavy atom. The maximum Gasteiger partial charge on any atom is 0.254 e. The van der Waals surface area contributed by atoms with Crippen LogP contribution in [-0.4, -0.2) is 11.0 Å². The summed E-state index contributed by atoms with van der Waals surface area (Å²) in [4.78, 5) is 15.8. The molecule has 0 atom stereocenters. The second-order valence-corrected chi connectivity index (χ2v) is 4.50. The van der Waals surface area contributed by atoms with Crippen LogP contribution < -0.4 is 11.3 Å². The molecular formula is C16H12N2O3. The highest BCUT2D eigenvalue weighted by Gasteiger charge is 2.08. The summed E-state index contributed by atoms with van der Waals surface area (Å²) < 4.78 is 5.66. The van der Waals surface area contributed by atoms with Crippen LogP contribution in [0.5, 0.6) is 5.75 Å². The summed E-state index contributed by atoms with van der Waals surface area (Å²) in [5.74, 6) is -0.471. The van der Waals surface area contributed by atoms with E-state index < -0.39 is 5.91 Å². The largest absolute Gasteiger partial charge is 0.508 e. The van der Waals surface area contributed by atoms with Gasteiger partial charge in [0.25, 0.3) is 5.91 Å². The van der Waals surface area contributed by atoms with Crippen molar-refractivity contribution in [2.24, 2.45) is 10.7 Å². The fourth-order valence-corrected chi connectivity index (χ4v) is 1.97. The number of hydrogen-bond donors (Lipinski definition) is 2. The summed E-state index contributed by atoms with van der Waals surface area (Å²) in [6.07, 6.45) is 0. The third kappa shape index (κ3) is 2.62. The summed E-state index contributed by atoms with van der Waals surface area (Å²) in [5.41, 5.74) is 6.90. The first-order chi connectivity index (χ1) is 10.1. The highest BCUT2D eigenvalue weighted by Crippen LogP contribution is 2.17. The van der Waals surface area contributed by atoms with E-state index in [2.05, 4.69) is 4.99 Å². The summed E-state index contributed by atoms with van der Waals surface area (Å²) in [6.45, 7) is 0. The summed E-state index contributed by atoms with van der Waals surface area (Å²) in [7, 11) is 0. The highest BCUT2D eigenvalue weighted by molar-refractivity contribution is 5.95. The van der Waals surface area contributed by atoms with E-state index in [9.17, 15) is 9.90 Å². The molecule has 0 bridgehead atoms. The zero-order valence-electron chi connectivity index (χ0n) is 11.0. The molecule has 2 aromatic carbocycles. The van der Waals surface area contributed by atoms with Gasteiger partial charge in [-0.1, -0.05) is 18.2 Å². The van der Waals surface area contributed by atoms with Crippen molar-refractivity contribution < 1.29 is 14.3 Å². The van der Waals surface area contributed by atoms with Crippen LogP contribution in [0.4, 0.5) is 5.69 Å². The minimum absolute atomic E-state index is 0.138. The number of carbonyl (C=O) groups is 1. The van der Waals surface area contributed by atoms with Gasteiger partial charge in [-0.25, -0.2) is 4.99 Å². The standard InChI is InChI=1S/C16H12N2O3/c17-15(20)13-9-10-3-1-2-4-14(10)21-16(13)18-11-5-7-12(19)8-6-11/h1-9,19H,(H2,17,20). The Hall–Kier alpha value is -3.08. The highest BCUT2D eigenvalue weighted by atomic mass is 16.3. The summed E-state index contributed by atoms with van der Waals surface area (Å²) in [5, 5.41) is 10.0. The molecule has 104 valence electrons. The normalized spacial score (nSPS) is 11.7. The molecule has 0 saturated heterocycles. The third-order valence-corrected chi connectivity index (χ3v) is 3.00. The maximum absolute atomic E-state index is 11.6. The van der Waals surface area contributed by atoms with E-state index in [4.69, 9.17) is 10.2 Å². The van der Waals surface area contributed by atoms with Crippen LogP contribution in [0.15, 0.2) is 64.0 Å². The van der Waals surface area contributed by atoms with Gasteiger partial charge in [0, 0.05) is 5.39 Å². The van der Waals surface area contributed by atoms with Crippen molar-refractivity contribution in [3.63, 3.8) is 0 Å². The van der Waals surface area contributed by atoms with Gasteiger partial charge in [0.15, 0.2) is 0 Å². The van der Waals surface area contributed by atoms with Gasteiger partial charge in [-0.3, -0.25) is 4.79 Å². The van der Waals surface area contributed by atoms with Crippen molar-refractivity contribution in [3.8, 4) is 5.75 Å². The molecule has 0 aliphatic rings. The van der Waals surface area contributed by atoms with E-state index in [0.717, 1.165) is 5.39 Å². The minimum Gasteiger partial charge on any atom is -0.508 e. The van der Waals surface area contributed by atoms with E-state index >= 15 is 0 Å². The first kappa shape index (κ1) is 12.9. The number of primary amides is 1. The molecule has 1 amide bonds. The van der Waals surface area contributed by atoms with Crippen molar-refractivity contribution in [1.29, 1.82) is 0 Å². The number of nitrogens with zero attached hydrogens (tertiary/aromatic N) is 1. The lowest BCUT2D eigenvalue weighted by atomic mass is 10.2. The van der Waals surface area contributed by atoms with E-state index in [-0.39, 0.29) is 16.9 Å². The number of amides is 1. The van der Waals surface area contributed by atoms with Crippen molar-refractivity contribution >= 4 is 22.6 Å². The zero-order valence-corrected chi connectivity index (χ0v) is 11.0. The summed E-state index contributed by atoms with van der Waals surface area (Å²) in [6, 6.07) is 15.2. The fraction of sp³-hybridized carbons (Fsp3) is 0. The van der Waals surface area contributed by atoms with E-state index in [1.54, 1.807) is 24.3 Å². The minimum atomic E-state index is -0.609. The Kier molecular flexibility index (Phi) is 3.16. The number of phenolic OH excluding ortho intramolecular Hbond substituents is 1. The average molecular weight is 280 g/mol. The second-order valence-electron chi connectivity index (χ2n) is 4.50. The predicted molar refractivity (Wildman–Crippen MR) is 78.1 cm³/mol. The zero-order chi connectivity index (χ0) is 14.8. The molecule has 3 N–H and O–H groups in total. The lowest BCUT2D eigenvalue weighted by molar-refractivity contribution is 0.0996. The van der Waals surface area contributed by atoms with Crippen molar-refractivity contribution in [3.05, 3.63) is 65.7 Å². The van der Waals surface area contributed by atoms with Crippen molar-refractivity contribution in [1.82, 2.24) is 0 Å². The molecule has 3 aromatic rings. The maximum atomic E-state index is 11.6. The average Bonchev–Trinajstić information content (AvgIpc) is 2.48. The first-order valence-corrected chi connectivity index (χ1v) is 6.30. The van der Waals surface area contributed by atoms with Crippen molar-refractivity contribution in [2.45, 2.75) is 0 Å². The predicted octanol–water partition coefficient (Wildman–Crippen LogP) is 2.47. The summed E-state index contributed by atoms with van der Waals surface area (Å²) >= 11 is 0. The second kappa shape index (κ2) is 5.13. The lowest BCUT2D eigenvalue weighted by Crippen LogP contribution is -2.21. The quantitative estimate of drug-likeness (QED) is 0.755. The SMILES string of the molecule is NC(=O)c1cc2ccccc2oc1=Nc1ccc(O)cc1. The van der Waals surface area contributed by atoms with E-state index in [0.29, 0.717) is 11.3 Å². The van der Waals surface area contributed by atoms with Gasteiger partial charge in [-0.15, -0.1) is 0 Å². The Balaban J connectivity index is 2.26. The lowest BCUT2D eigenvalue weighted by Gasteiger charge is -2.01. The number of carbonyl (C=O) groups excluding carboxylic acids is 1. The van der Waals surface area contributed by atoms with E-state index in [1.807, 2.05) is 18.2 Å². The molecule has 1 aromatic heterocycles. The van der Waals surface area contributed by atoms with Crippen LogP contribution in [-0.2, 0) is 0 Å². The molecule has 0 saturated carbocycles. The van der Waals surface area contributed by atoms with Crippen LogP contribution in [0.2, 0.25) is 0 Å². The number of nitrogens with two attached hydrogens (primary N) is 1. The van der Waals surface area contributed by atoms with Gasteiger partial charge in [0.05, 0.1) is 5.69 Å².